The van der Waals surface area contributed by atoms with Crippen molar-refractivity contribution in [2.45, 2.75) is 0 Å². The number of carboxylic acids is 1. The smallest absolute Gasteiger partial charge is 0.335 e. The molecule has 0 atom stereocenters. The Bertz CT molecular complexity index is 290. The van der Waals surface area contributed by atoms with Gasteiger partial charge in [-0.3, -0.25) is 0 Å². The van der Waals surface area contributed by atoms with E-state index in [1.54, 1.807) is 31.3 Å². The second-order valence-electron chi connectivity index (χ2n) is 2.74. The maximum Gasteiger partial charge on any atom is 0.335 e. The van der Waals surface area contributed by atoms with Crippen LogP contribution in [0.4, 0.5) is 5.69 Å². The van der Waals surface area contributed by atoms with Gasteiger partial charge in [-0.1, -0.05) is 0 Å². The summed E-state index contributed by atoms with van der Waals surface area (Å²) in [7, 11) is 1.79. The Kier molecular flexibility index (Phi) is 3.94. The van der Waals surface area contributed by atoms with E-state index in [4.69, 9.17) is 5.11 Å². The third-order valence-corrected chi connectivity index (χ3v) is 1.62. The van der Waals surface area contributed by atoms with E-state index in [-0.39, 0.29) is 0 Å². The summed E-state index contributed by atoms with van der Waals surface area (Å²) in [5.41, 5.74) is 1.22. The van der Waals surface area contributed by atoms with Gasteiger partial charge in [-0.15, -0.1) is 0 Å². The molecule has 0 bridgehead atoms. The first kappa shape index (κ1) is 10.5. The number of hydrogen-bond acceptors (Lipinski definition) is 3. The van der Waals surface area contributed by atoms with E-state index >= 15 is 0 Å². The van der Waals surface area contributed by atoms with Crippen LogP contribution in [0.1, 0.15) is 10.4 Å². The number of nitrogens with one attached hydrogen (secondary N) is 1. The predicted molar refractivity (Wildman–Crippen MR) is 53.8 cm³/mol. The zero-order chi connectivity index (χ0) is 10.4. The van der Waals surface area contributed by atoms with Gasteiger partial charge in [0.25, 0.3) is 0 Å². The van der Waals surface area contributed by atoms with Crippen LogP contribution in [0.25, 0.3) is 0 Å². The highest BCUT2D eigenvalue weighted by Gasteiger charge is 1.99. The molecule has 1 heterocycles. The molecule has 2 rings (SSSR count). The maximum atomic E-state index is 10.4. The molecule has 0 amide bonds. The highest BCUT2D eigenvalue weighted by molar-refractivity contribution is 5.87. The van der Waals surface area contributed by atoms with Crippen molar-refractivity contribution in [2.75, 3.05) is 25.6 Å². The van der Waals surface area contributed by atoms with Crippen LogP contribution < -0.4 is 5.32 Å². The van der Waals surface area contributed by atoms with Gasteiger partial charge >= 0.3 is 5.97 Å². The Balaban J connectivity index is 0.000000276. The van der Waals surface area contributed by atoms with Crippen LogP contribution in [0.2, 0.25) is 0 Å². The fourth-order valence-electron chi connectivity index (χ4n) is 0.779. The number of hydrogen-bond donors (Lipinski definition) is 2. The molecule has 76 valence electrons. The summed E-state index contributed by atoms with van der Waals surface area (Å²) in [6.07, 6.45) is 0. The number of aromatic carboxylic acids is 1. The average molecular weight is 195 g/mol. The second kappa shape index (κ2) is 5.24. The van der Waals surface area contributed by atoms with Gasteiger partial charge in [0.15, 0.2) is 0 Å². The number of ether oxygens (including phenoxy) is 1. The molecule has 0 spiro atoms. The number of anilines is 1. The molecule has 4 heteroatoms. The van der Waals surface area contributed by atoms with Crippen LogP contribution in [0, 0.1) is 0 Å². The minimum atomic E-state index is -0.896. The van der Waals surface area contributed by atoms with Gasteiger partial charge in [0.05, 0.1) is 18.8 Å². The van der Waals surface area contributed by atoms with E-state index in [0.717, 1.165) is 18.9 Å². The first-order valence-corrected chi connectivity index (χ1v) is 4.33. The molecule has 1 aromatic rings. The largest absolute Gasteiger partial charge is 0.478 e. The molecule has 0 saturated carbocycles. The first-order valence-electron chi connectivity index (χ1n) is 4.33. The Morgan fingerprint density at radius 3 is 2.14 bits per heavy atom. The maximum absolute atomic E-state index is 10.4. The SMILES string of the molecule is C1CO1.CNc1ccc(C(=O)O)cc1. The van der Waals surface area contributed by atoms with Crippen molar-refractivity contribution in [1.82, 2.24) is 0 Å². The Morgan fingerprint density at radius 1 is 1.36 bits per heavy atom. The fourth-order valence-corrected chi connectivity index (χ4v) is 0.779. The molecule has 4 nitrogen and oxygen atoms in total. The van der Waals surface area contributed by atoms with Crippen LogP contribution in [0.15, 0.2) is 24.3 Å². The number of rotatable bonds is 2. The van der Waals surface area contributed by atoms with Crippen LogP contribution in [0.3, 0.4) is 0 Å². The van der Waals surface area contributed by atoms with Crippen molar-refractivity contribution in [2.24, 2.45) is 0 Å². The van der Waals surface area contributed by atoms with Crippen LogP contribution in [-0.2, 0) is 4.74 Å². The van der Waals surface area contributed by atoms with Gasteiger partial charge in [0, 0.05) is 12.7 Å². The standard InChI is InChI=1S/C8H9NO2.C2H4O/c1-9-7-4-2-6(3-5-7)8(10)11;1-2-3-1/h2-5,9H,1H3,(H,10,11);1-2H2. The van der Waals surface area contributed by atoms with Gasteiger partial charge in [-0.25, -0.2) is 4.79 Å². The van der Waals surface area contributed by atoms with Crippen LogP contribution >= 0.6 is 0 Å². The van der Waals surface area contributed by atoms with Gasteiger partial charge in [0.2, 0.25) is 0 Å². The molecule has 1 aliphatic heterocycles. The molecule has 0 radical (unpaired) electrons. The first-order chi connectivity index (χ1) is 6.74. The Hall–Kier alpha value is -1.55. The summed E-state index contributed by atoms with van der Waals surface area (Å²) in [6, 6.07) is 6.58. The molecule has 2 N–H and O–H groups in total. The van der Waals surface area contributed by atoms with Crippen molar-refractivity contribution in [3.63, 3.8) is 0 Å². The molecular formula is C10H13NO3. The van der Waals surface area contributed by atoms with Crippen LogP contribution in [0.5, 0.6) is 0 Å². The fraction of sp³-hybridized carbons (Fsp3) is 0.300. The van der Waals surface area contributed by atoms with Gasteiger partial charge in [-0.05, 0) is 24.3 Å². The summed E-state index contributed by atoms with van der Waals surface area (Å²) in [6.45, 7) is 2.00. The highest BCUT2D eigenvalue weighted by Crippen LogP contribution is 2.07. The molecule has 1 fully saturated rings. The summed E-state index contributed by atoms with van der Waals surface area (Å²) in [4.78, 5) is 10.4. The minimum Gasteiger partial charge on any atom is -0.478 e. The van der Waals surface area contributed by atoms with Gasteiger partial charge < -0.3 is 15.2 Å². The summed E-state index contributed by atoms with van der Waals surface area (Å²) in [5, 5.41) is 11.4. The van der Waals surface area contributed by atoms with Crippen LogP contribution in [-0.4, -0.2) is 31.3 Å². The van der Waals surface area contributed by atoms with Crippen molar-refractivity contribution >= 4 is 11.7 Å². The predicted octanol–water partition coefficient (Wildman–Crippen LogP) is 1.44. The number of benzene rings is 1. The lowest BCUT2D eigenvalue weighted by Gasteiger charge is -1.98. The summed E-state index contributed by atoms with van der Waals surface area (Å²) in [5.74, 6) is -0.896. The monoisotopic (exact) mass is 195 g/mol. The van der Waals surface area contributed by atoms with E-state index < -0.39 is 5.97 Å². The van der Waals surface area contributed by atoms with E-state index in [1.807, 2.05) is 0 Å². The second-order valence-corrected chi connectivity index (χ2v) is 2.74. The van der Waals surface area contributed by atoms with E-state index in [2.05, 4.69) is 10.1 Å². The molecule has 1 aromatic carbocycles. The zero-order valence-electron chi connectivity index (χ0n) is 7.99. The number of epoxide rings is 1. The topological polar surface area (TPSA) is 61.9 Å². The normalized spacial score (nSPS) is 12.4. The molecule has 1 saturated heterocycles. The number of carbonyl (C=O) groups is 1. The Labute approximate surface area is 82.5 Å². The quantitative estimate of drug-likeness (QED) is 0.701. The van der Waals surface area contributed by atoms with E-state index in [1.165, 1.54) is 0 Å². The average Bonchev–Trinajstić information content (AvgIpc) is 3.05. The zero-order valence-corrected chi connectivity index (χ0v) is 7.99. The molecule has 14 heavy (non-hydrogen) atoms. The van der Waals surface area contributed by atoms with Crippen molar-refractivity contribution in [3.8, 4) is 0 Å². The van der Waals surface area contributed by atoms with Crippen molar-refractivity contribution < 1.29 is 14.6 Å². The summed E-state index contributed by atoms with van der Waals surface area (Å²) >= 11 is 0. The van der Waals surface area contributed by atoms with Gasteiger partial charge in [-0.2, -0.15) is 0 Å². The van der Waals surface area contributed by atoms with Crippen molar-refractivity contribution in [3.05, 3.63) is 29.8 Å². The molecule has 0 aliphatic carbocycles. The lowest BCUT2D eigenvalue weighted by Crippen LogP contribution is -1.96. The lowest BCUT2D eigenvalue weighted by atomic mass is 10.2. The van der Waals surface area contributed by atoms with E-state index in [9.17, 15) is 4.79 Å². The number of carboxylic acid groups (broad SMARTS) is 1. The third kappa shape index (κ3) is 3.91. The Morgan fingerprint density at radius 2 is 1.86 bits per heavy atom. The minimum absolute atomic E-state index is 0.309. The van der Waals surface area contributed by atoms with E-state index in [0.29, 0.717) is 5.56 Å². The lowest BCUT2D eigenvalue weighted by molar-refractivity contribution is 0.0697. The molecule has 0 aromatic heterocycles. The highest BCUT2D eigenvalue weighted by atomic mass is 16.6. The third-order valence-electron chi connectivity index (χ3n) is 1.62. The van der Waals surface area contributed by atoms with Gasteiger partial charge in [0.1, 0.15) is 0 Å². The summed E-state index contributed by atoms with van der Waals surface area (Å²) < 4.78 is 4.50. The molecule has 0 unspecified atom stereocenters. The molecular weight excluding hydrogens is 182 g/mol. The molecule has 1 aliphatic rings. The van der Waals surface area contributed by atoms with Crippen molar-refractivity contribution in [1.29, 1.82) is 0 Å².